The molecule has 0 saturated heterocycles. The number of fused-ring (bicyclic) bond motifs is 1. The predicted octanol–water partition coefficient (Wildman–Crippen LogP) is 4.73. The first-order chi connectivity index (χ1) is 14.6. The van der Waals surface area contributed by atoms with Crippen LogP contribution >= 0.6 is 15.9 Å². The fraction of sp³-hybridized carbons (Fsp3) is 0.0870. The maximum Gasteiger partial charge on any atom is 0.282 e. The Balaban J connectivity index is 1.90. The summed E-state index contributed by atoms with van der Waals surface area (Å²) in [5, 5.41) is 4.97. The Hall–Kier alpha value is -3.45. The van der Waals surface area contributed by atoms with Crippen LogP contribution in [0.2, 0.25) is 0 Å². The number of hydrogen-bond acceptors (Lipinski definition) is 5. The first-order valence-corrected chi connectivity index (χ1v) is 9.94. The van der Waals surface area contributed by atoms with Crippen molar-refractivity contribution in [1.29, 1.82) is 0 Å². The van der Waals surface area contributed by atoms with Gasteiger partial charge in [-0.05, 0) is 36.4 Å². The summed E-state index contributed by atoms with van der Waals surface area (Å²) in [6, 6.07) is 20.2. The average molecular weight is 464 g/mol. The van der Waals surface area contributed by atoms with Crippen molar-refractivity contribution in [2.45, 2.75) is 0 Å². The normalized spacial score (nSPS) is 11.2. The summed E-state index contributed by atoms with van der Waals surface area (Å²) in [4.78, 5) is 17.9. The number of aromatic nitrogens is 2. The van der Waals surface area contributed by atoms with Crippen LogP contribution in [0.5, 0.6) is 11.5 Å². The molecule has 0 aliphatic heterocycles. The Morgan fingerprint density at radius 3 is 2.50 bits per heavy atom. The third-order valence-corrected chi connectivity index (χ3v) is 5.14. The largest absolute Gasteiger partial charge is 0.497 e. The molecule has 1 heterocycles. The van der Waals surface area contributed by atoms with E-state index in [4.69, 9.17) is 14.5 Å². The van der Waals surface area contributed by atoms with Crippen LogP contribution < -0.4 is 15.0 Å². The molecule has 3 aromatic carbocycles. The molecule has 6 nitrogen and oxygen atoms in total. The third kappa shape index (κ3) is 3.84. The van der Waals surface area contributed by atoms with E-state index >= 15 is 0 Å². The molecule has 1 aromatic heterocycles. The molecule has 0 unspecified atom stereocenters. The zero-order chi connectivity index (χ0) is 21.1. The van der Waals surface area contributed by atoms with Crippen molar-refractivity contribution < 1.29 is 9.47 Å². The fourth-order valence-electron chi connectivity index (χ4n) is 3.06. The average Bonchev–Trinajstić information content (AvgIpc) is 2.79. The van der Waals surface area contributed by atoms with Crippen LogP contribution in [0, 0.1) is 0 Å². The van der Waals surface area contributed by atoms with Crippen molar-refractivity contribution in [1.82, 2.24) is 9.66 Å². The number of rotatable bonds is 5. The van der Waals surface area contributed by atoms with E-state index in [0.717, 1.165) is 10.0 Å². The van der Waals surface area contributed by atoms with E-state index < -0.39 is 0 Å². The van der Waals surface area contributed by atoms with Gasteiger partial charge in [0.1, 0.15) is 11.5 Å². The highest BCUT2D eigenvalue weighted by Gasteiger charge is 2.12. The Labute approximate surface area is 181 Å². The number of methoxy groups -OCH3 is 2. The summed E-state index contributed by atoms with van der Waals surface area (Å²) in [5.74, 6) is 1.71. The fourth-order valence-corrected chi connectivity index (χ4v) is 3.33. The molecule has 7 heteroatoms. The summed E-state index contributed by atoms with van der Waals surface area (Å²) in [6.07, 6.45) is 1.58. The van der Waals surface area contributed by atoms with Gasteiger partial charge >= 0.3 is 0 Å². The first kappa shape index (κ1) is 19.8. The van der Waals surface area contributed by atoms with Gasteiger partial charge in [-0.15, -0.1) is 0 Å². The second-order valence-electron chi connectivity index (χ2n) is 6.43. The topological polar surface area (TPSA) is 65.7 Å². The van der Waals surface area contributed by atoms with Gasteiger partial charge in [0.25, 0.3) is 5.56 Å². The van der Waals surface area contributed by atoms with Crippen LogP contribution in [0.3, 0.4) is 0 Å². The molecular weight excluding hydrogens is 446 g/mol. The van der Waals surface area contributed by atoms with E-state index in [0.29, 0.717) is 33.8 Å². The molecule has 0 amide bonds. The van der Waals surface area contributed by atoms with Gasteiger partial charge in [-0.2, -0.15) is 9.78 Å². The molecule has 150 valence electrons. The monoisotopic (exact) mass is 463 g/mol. The van der Waals surface area contributed by atoms with Crippen molar-refractivity contribution in [3.8, 4) is 22.9 Å². The van der Waals surface area contributed by atoms with Gasteiger partial charge in [0.2, 0.25) is 0 Å². The third-order valence-electron chi connectivity index (χ3n) is 4.61. The minimum Gasteiger partial charge on any atom is -0.497 e. The number of hydrogen-bond donors (Lipinski definition) is 0. The molecule has 0 atom stereocenters. The molecule has 4 aromatic rings. The van der Waals surface area contributed by atoms with Crippen molar-refractivity contribution in [2.75, 3.05) is 14.2 Å². The zero-order valence-corrected chi connectivity index (χ0v) is 18.0. The van der Waals surface area contributed by atoms with E-state index in [2.05, 4.69) is 21.0 Å². The molecule has 0 bridgehead atoms. The highest BCUT2D eigenvalue weighted by atomic mass is 79.9. The summed E-state index contributed by atoms with van der Waals surface area (Å²) in [7, 11) is 3.16. The highest BCUT2D eigenvalue weighted by molar-refractivity contribution is 9.10. The van der Waals surface area contributed by atoms with Gasteiger partial charge in [-0.1, -0.05) is 40.2 Å². The maximum atomic E-state index is 13.2. The van der Waals surface area contributed by atoms with Crippen LogP contribution in [-0.2, 0) is 0 Å². The SMILES string of the molecule is COc1ccc(/C=N\n2c(-c3ccc(Br)cc3)nc3ccccc3c2=O)c(OC)c1. The molecule has 0 fully saturated rings. The van der Waals surface area contributed by atoms with Crippen LogP contribution in [0.25, 0.3) is 22.3 Å². The van der Waals surface area contributed by atoms with Gasteiger partial charge in [-0.25, -0.2) is 4.98 Å². The lowest BCUT2D eigenvalue weighted by molar-refractivity contribution is 0.394. The lowest BCUT2D eigenvalue weighted by Crippen LogP contribution is -2.20. The summed E-state index contributed by atoms with van der Waals surface area (Å²) in [6.45, 7) is 0. The van der Waals surface area contributed by atoms with Crippen molar-refractivity contribution in [3.63, 3.8) is 0 Å². The number of halogens is 1. The number of para-hydroxylation sites is 1. The second-order valence-corrected chi connectivity index (χ2v) is 7.34. The molecule has 4 rings (SSSR count). The Kier molecular flexibility index (Phi) is 5.63. The molecule has 0 saturated carbocycles. The molecule has 0 spiro atoms. The van der Waals surface area contributed by atoms with Gasteiger partial charge < -0.3 is 9.47 Å². The molecule has 0 aliphatic rings. The highest BCUT2D eigenvalue weighted by Crippen LogP contribution is 2.24. The van der Waals surface area contributed by atoms with Gasteiger partial charge in [0.05, 0.1) is 31.3 Å². The lowest BCUT2D eigenvalue weighted by Gasteiger charge is -2.10. The lowest BCUT2D eigenvalue weighted by atomic mass is 10.2. The van der Waals surface area contributed by atoms with Crippen LogP contribution in [0.1, 0.15) is 5.56 Å². The van der Waals surface area contributed by atoms with Crippen LogP contribution in [0.4, 0.5) is 0 Å². The Morgan fingerprint density at radius 1 is 1.00 bits per heavy atom. The van der Waals surface area contributed by atoms with Crippen molar-refractivity contribution in [2.24, 2.45) is 5.10 Å². The second kappa shape index (κ2) is 8.51. The predicted molar refractivity (Wildman–Crippen MR) is 122 cm³/mol. The Bertz CT molecular complexity index is 1300. The Morgan fingerprint density at radius 2 is 1.77 bits per heavy atom. The van der Waals surface area contributed by atoms with E-state index in [1.807, 2.05) is 48.5 Å². The van der Waals surface area contributed by atoms with E-state index in [-0.39, 0.29) is 5.56 Å². The minimum atomic E-state index is -0.248. The number of ether oxygens (including phenoxy) is 2. The van der Waals surface area contributed by atoms with E-state index in [1.54, 1.807) is 38.6 Å². The molecule has 30 heavy (non-hydrogen) atoms. The van der Waals surface area contributed by atoms with Crippen LogP contribution in [-0.4, -0.2) is 30.1 Å². The van der Waals surface area contributed by atoms with Crippen molar-refractivity contribution in [3.05, 3.63) is 87.1 Å². The summed E-state index contributed by atoms with van der Waals surface area (Å²) >= 11 is 3.44. The molecule has 0 aliphatic carbocycles. The number of benzene rings is 3. The summed E-state index contributed by atoms with van der Waals surface area (Å²) < 4.78 is 12.9. The molecule has 0 radical (unpaired) electrons. The van der Waals surface area contributed by atoms with E-state index in [1.165, 1.54) is 4.68 Å². The molecule has 0 N–H and O–H groups in total. The standard InChI is InChI=1S/C23H18BrN3O3/c1-29-18-12-9-16(21(13-18)30-2)14-25-27-22(15-7-10-17(24)11-8-15)26-20-6-4-3-5-19(20)23(27)28/h3-14H,1-2H3/b25-14-. The minimum absolute atomic E-state index is 0.248. The smallest absolute Gasteiger partial charge is 0.282 e. The van der Waals surface area contributed by atoms with Crippen LogP contribution in [0.15, 0.2) is 81.1 Å². The van der Waals surface area contributed by atoms with Gasteiger partial charge in [0, 0.05) is 21.7 Å². The quantitative estimate of drug-likeness (QED) is 0.401. The summed E-state index contributed by atoms with van der Waals surface area (Å²) in [5.41, 5.74) is 1.86. The first-order valence-electron chi connectivity index (χ1n) is 9.15. The molecular formula is C23H18BrN3O3. The van der Waals surface area contributed by atoms with Gasteiger partial charge in [0.15, 0.2) is 5.82 Å². The maximum absolute atomic E-state index is 13.2. The zero-order valence-electron chi connectivity index (χ0n) is 16.4. The van der Waals surface area contributed by atoms with Crippen molar-refractivity contribution >= 4 is 33.0 Å². The number of nitrogens with zero attached hydrogens (tertiary/aromatic N) is 3. The van der Waals surface area contributed by atoms with E-state index in [9.17, 15) is 4.79 Å². The van der Waals surface area contributed by atoms with Gasteiger partial charge in [-0.3, -0.25) is 4.79 Å².